The van der Waals surface area contributed by atoms with Gasteiger partial charge in [0.05, 0.1) is 10.9 Å². The lowest BCUT2D eigenvalue weighted by Gasteiger charge is -2.27. The summed E-state index contributed by atoms with van der Waals surface area (Å²) < 4.78 is 0. The van der Waals surface area contributed by atoms with Crippen molar-refractivity contribution in [3.63, 3.8) is 0 Å². The van der Waals surface area contributed by atoms with E-state index in [1.165, 1.54) is 11.8 Å². The van der Waals surface area contributed by atoms with Gasteiger partial charge in [0, 0.05) is 17.7 Å². The van der Waals surface area contributed by atoms with Crippen molar-refractivity contribution in [3.05, 3.63) is 95.6 Å². The number of nitrogens with zero attached hydrogens (tertiary/aromatic N) is 3. The molecule has 6 nitrogen and oxygen atoms in total. The van der Waals surface area contributed by atoms with Gasteiger partial charge in [-0.25, -0.2) is 9.89 Å². The van der Waals surface area contributed by atoms with Gasteiger partial charge in [-0.2, -0.15) is 0 Å². The van der Waals surface area contributed by atoms with Crippen LogP contribution in [0, 0.1) is 6.92 Å². The van der Waals surface area contributed by atoms with Crippen LogP contribution in [-0.4, -0.2) is 39.0 Å². The number of para-hydroxylation sites is 2. The van der Waals surface area contributed by atoms with Crippen molar-refractivity contribution < 1.29 is 9.59 Å². The smallest absolute Gasteiger partial charge is 0.259 e. The summed E-state index contributed by atoms with van der Waals surface area (Å²) in [6.07, 6.45) is 1.11. The number of aliphatic imine (C=N–C) groups is 2. The third-order valence-corrected chi connectivity index (χ3v) is 7.45. The Morgan fingerprint density at radius 1 is 1.03 bits per heavy atom. The van der Waals surface area contributed by atoms with Crippen LogP contribution in [0.25, 0.3) is 0 Å². The number of rotatable bonds is 6. The minimum absolute atomic E-state index is 0.112. The fourth-order valence-corrected chi connectivity index (χ4v) is 5.25. The topological polar surface area (TPSA) is 74.1 Å². The van der Waals surface area contributed by atoms with Crippen LogP contribution in [0.2, 0.25) is 0 Å². The van der Waals surface area contributed by atoms with Gasteiger partial charge in [0.25, 0.3) is 5.91 Å². The van der Waals surface area contributed by atoms with Crippen LogP contribution < -0.4 is 5.32 Å². The van der Waals surface area contributed by atoms with Crippen molar-refractivity contribution in [1.82, 2.24) is 4.90 Å². The normalized spacial score (nSPS) is 17.3. The van der Waals surface area contributed by atoms with Gasteiger partial charge in [-0.3, -0.25) is 14.6 Å². The summed E-state index contributed by atoms with van der Waals surface area (Å²) in [5.74, 6) is 0.385. The summed E-state index contributed by atoms with van der Waals surface area (Å²) >= 11 is 1.31. The van der Waals surface area contributed by atoms with Gasteiger partial charge >= 0.3 is 0 Å². The van der Waals surface area contributed by atoms with Gasteiger partial charge in [-0.1, -0.05) is 79.3 Å². The largest absolute Gasteiger partial charge is 0.325 e. The summed E-state index contributed by atoms with van der Waals surface area (Å²) in [5, 5.41) is 3.11. The highest BCUT2D eigenvalue weighted by Gasteiger charge is 2.42. The molecule has 176 valence electrons. The highest BCUT2D eigenvalue weighted by molar-refractivity contribution is 8.15. The average Bonchev–Trinajstić information content (AvgIpc) is 3.20. The maximum absolute atomic E-state index is 13.6. The third kappa shape index (κ3) is 4.64. The van der Waals surface area contributed by atoms with Gasteiger partial charge in [0.15, 0.2) is 5.17 Å². The Bertz CT molecular complexity index is 1340. The average molecular weight is 483 g/mol. The molecule has 0 radical (unpaired) electrons. The Labute approximate surface area is 209 Å². The zero-order valence-electron chi connectivity index (χ0n) is 19.6. The molecule has 0 aromatic heterocycles. The molecular weight excluding hydrogens is 456 g/mol. The number of fused-ring (bicyclic) bond motifs is 3. The Balaban J connectivity index is 1.43. The van der Waals surface area contributed by atoms with Crippen molar-refractivity contribution in [2.75, 3.05) is 5.32 Å². The summed E-state index contributed by atoms with van der Waals surface area (Å²) in [4.78, 5) is 38.0. The molecule has 2 atom stereocenters. The zero-order valence-corrected chi connectivity index (χ0v) is 20.5. The van der Waals surface area contributed by atoms with Crippen molar-refractivity contribution in [3.8, 4) is 0 Å². The van der Waals surface area contributed by atoms with E-state index in [-0.39, 0.29) is 11.8 Å². The molecular formula is C28H26N4O2S. The molecule has 5 rings (SSSR count). The van der Waals surface area contributed by atoms with Crippen LogP contribution in [0.3, 0.4) is 0 Å². The van der Waals surface area contributed by atoms with Gasteiger partial charge in [0.2, 0.25) is 5.91 Å². The molecule has 0 bridgehead atoms. The quantitative estimate of drug-likeness (QED) is 0.515. The van der Waals surface area contributed by atoms with E-state index < -0.39 is 11.3 Å². The number of benzene rings is 3. The molecule has 2 heterocycles. The monoisotopic (exact) mass is 482 g/mol. The Hall–Kier alpha value is -3.71. The Morgan fingerprint density at radius 2 is 1.74 bits per heavy atom. The van der Waals surface area contributed by atoms with E-state index >= 15 is 0 Å². The lowest BCUT2D eigenvalue weighted by Crippen LogP contribution is -2.42. The number of amides is 2. The fourth-order valence-electron chi connectivity index (χ4n) is 4.23. The fraction of sp³-hybridized carbons (Fsp3) is 0.214. The number of hydrogen-bond acceptors (Lipinski definition) is 5. The predicted molar refractivity (Wildman–Crippen MR) is 142 cm³/mol. The zero-order chi connectivity index (χ0) is 24.4. The van der Waals surface area contributed by atoms with E-state index in [0.29, 0.717) is 23.8 Å². The second-order valence-corrected chi connectivity index (χ2v) is 9.73. The second-order valence-electron chi connectivity index (χ2n) is 8.56. The Morgan fingerprint density at radius 3 is 2.51 bits per heavy atom. The van der Waals surface area contributed by atoms with Crippen molar-refractivity contribution >= 4 is 46.0 Å². The maximum Gasteiger partial charge on any atom is 0.259 e. The summed E-state index contributed by atoms with van der Waals surface area (Å²) in [6, 6.07) is 24.8. The summed E-state index contributed by atoms with van der Waals surface area (Å²) in [7, 11) is 0. The van der Waals surface area contributed by atoms with Gasteiger partial charge in [-0.15, -0.1) is 0 Å². The highest BCUT2D eigenvalue weighted by Crippen LogP contribution is 2.36. The molecule has 7 heteroatoms. The van der Waals surface area contributed by atoms with Crippen molar-refractivity contribution in [1.29, 1.82) is 0 Å². The van der Waals surface area contributed by atoms with Crippen LogP contribution in [0.4, 0.5) is 11.4 Å². The summed E-state index contributed by atoms with van der Waals surface area (Å²) in [5.41, 5.74) is 4.43. The highest BCUT2D eigenvalue weighted by atomic mass is 32.2. The molecule has 0 spiro atoms. The van der Waals surface area contributed by atoms with E-state index in [4.69, 9.17) is 9.98 Å². The number of carbonyl (C=O) groups is 2. The molecule has 3 aromatic rings. The first kappa shape index (κ1) is 23.1. The minimum atomic E-state index is -0.523. The number of thioether (sulfide) groups is 1. The molecule has 0 saturated heterocycles. The SMILES string of the molecule is CC[C@H](SC1=Nc2ccccc2C2=N[C@@H](Cc3ccccc3)C(=O)N12)C(=O)Nc1ccccc1C. The minimum Gasteiger partial charge on any atom is -0.325 e. The molecule has 2 amide bonds. The van der Waals surface area contributed by atoms with E-state index in [0.717, 1.165) is 28.1 Å². The first-order valence-electron chi connectivity index (χ1n) is 11.7. The van der Waals surface area contributed by atoms with Crippen molar-refractivity contribution in [2.45, 2.75) is 38.0 Å². The van der Waals surface area contributed by atoms with Crippen LogP contribution in [0.15, 0.2) is 88.8 Å². The number of aryl methyl sites for hydroxylation is 1. The molecule has 35 heavy (non-hydrogen) atoms. The second kappa shape index (κ2) is 9.88. The van der Waals surface area contributed by atoms with E-state index in [9.17, 15) is 9.59 Å². The molecule has 2 aliphatic heterocycles. The van der Waals surface area contributed by atoms with Crippen LogP contribution in [-0.2, 0) is 16.0 Å². The third-order valence-electron chi connectivity index (χ3n) is 6.13. The van der Waals surface area contributed by atoms with E-state index in [1.54, 1.807) is 4.90 Å². The van der Waals surface area contributed by atoms with E-state index in [1.807, 2.05) is 92.7 Å². The predicted octanol–water partition coefficient (Wildman–Crippen LogP) is 5.35. The number of amidine groups is 2. The van der Waals surface area contributed by atoms with Gasteiger partial charge < -0.3 is 5.32 Å². The van der Waals surface area contributed by atoms with Gasteiger partial charge in [-0.05, 0) is 42.7 Å². The molecule has 1 N–H and O–H groups in total. The molecule has 0 aliphatic carbocycles. The number of carbonyl (C=O) groups excluding carboxylic acids is 2. The standard InChI is InChI=1S/C28H26N4O2S/c1-3-24(26(33)30-21-15-9-7-11-18(21)2)35-28-31-22-16-10-8-14-20(22)25-29-23(27(34)32(25)28)17-19-12-5-4-6-13-19/h4-16,23-24H,3,17H2,1-2H3,(H,30,33)/t23-,24-/m0/s1. The molecule has 0 unspecified atom stereocenters. The number of anilines is 1. The van der Waals surface area contributed by atoms with Crippen LogP contribution in [0.5, 0.6) is 0 Å². The molecule has 2 aliphatic rings. The van der Waals surface area contributed by atoms with E-state index in [2.05, 4.69) is 5.32 Å². The molecule has 0 saturated carbocycles. The number of hydrogen-bond donors (Lipinski definition) is 1. The lowest BCUT2D eigenvalue weighted by molar-refractivity contribution is -0.124. The first-order valence-corrected chi connectivity index (χ1v) is 12.6. The summed E-state index contributed by atoms with van der Waals surface area (Å²) in [6.45, 7) is 3.93. The lowest BCUT2D eigenvalue weighted by atomic mass is 10.1. The maximum atomic E-state index is 13.6. The number of nitrogens with one attached hydrogen (secondary N) is 1. The van der Waals surface area contributed by atoms with Gasteiger partial charge in [0.1, 0.15) is 11.9 Å². The first-order chi connectivity index (χ1) is 17.0. The van der Waals surface area contributed by atoms with Crippen LogP contribution in [0.1, 0.15) is 30.0 Å². The Kier molecular flexibility index (Phi) is 6.51. The van der Waals surface area contributed by atoms with Crippen LogP contribution >= 0.6 is 11.8 Å². The molecule has 3 aromatic carbocycles. The molecule has 0 fully saturated rings. The van der Waals surface area contributed by atoms with Crippen molar-refractivity contribution in [2.24, 2.45) is 9.98 Å².